The van der Waals surface area contributed by atoms with Gasteiger partial charge in [0.2, 0.25) is 0 Å². The molecule has 0 unspecified atom stereocenters. The van der Waals surface area contributed by atoms with Gasteiger partial charge in [0, 0.05) is 12.0 Å². The maximum absolute atomic E-state index is 11.1. The van der Waals surface area contributed by atoms with Gasteiger partial charge < -0.3 is 19.9 Å². The van der Waals surface area contributed by atoms with Crippen LogP contribution < -0.4 is 14.8 Å². The maximum Gasteiger partial charge on any atom is 0.161 e. The lowest BCUT2D eigenvalue weighted by Gasteiger charge is -2.48. The monoisotopic (exact) mass is 367 g/mol. The van der Waals surface area contributed by atoms with Gasteiger partial charge in [-0.25, -0.2) is 0 Å². The number of benzene rings is 2. The fourth-order valence-electron chi connectivity index (χ4n) is 4.71. The van der Waals surface area contributed by atoms with E-state index in [-0.39, 0.29) is 12.0 Å². The number of hydrogen-bond acceptors (Lipinski definition) is 4. The van der Waals surface area contributed by atoms with Crippen molar-refractivity contribution in [3.8, 4) is 11.5 Å². The van der Waals surface area contributed by atoms with Crippen molar-refractivity contribution < 1.29 is 14.6 Å². The van der Waals surface area contributed by atoms with E-state index in [1.807, 2.05) is 24.3 Å². The van der Waals surface area contributed by atoms with Gasteiger partial charge in [-0.15, -0.1) is 0 Å². The maximum atomic E-state index is 11.1. The van der Waals surface area contributed by atoms with Gasteiger partial charge in [0.25, 0.3) is 0 Å². The number of aliphatic hydroxyl groups is 1. The Morgan fingerprint density at radius 2 is 1.93 bits per heavy atom. The van der Waals surface area contributed by atoms with Gasteiger partial charge in [-0.2, -0.15) is 0 Å². The molecule has 1 aliphatic heterocycles. The first-order valence-electron chi connectivity index (χ1n) is 10.00. The highest BCUT2D eigenvalue weighted by atomic mass is 16.5. The summed E-state index contributed by atoms with van der Waals surface area (Å²) < 4.78 is 11.6. The van der Waals surface area contributed by atoms with E-state index in [0.717, 1.165) is 49.3 Å². The van der Waals surface area contributed by atoms with Crippen LogP contribution in [0.3, 0.4) is 0 Å². The molecule has 0 spiro atoms. The van der Waals surface area contributed by atoms with Crippen LogP contribution in [0, 0.1) is 5.92 Å². The summed E-state index contributed by atoms with van der Waals surface area (Å²) in [7, 11) is 1.68. The Bertz CT molecular complexity index is 759. The van der Waals surface area contributed by atoms with Gasteiger partial charge in [0.05, 0.1) is 12.7 Å². The van der Waals surface area contributed by atoms with E-state index in [1.54, 1.807) is 7.11 Å². The second-order valence-electron chi connectivity index (χ2n) is 7.82. The van der Waals surface area contributed by atoms with Crippen LogP contribution in [0.2, 0.25) is 0 Å². The van der Waals surface area contributed by atoms with E-state index in [4.69, 9.17) is 9.47 Å². The lowest BCUT2D eigenvalue weighted by molar-refractivity contribution is -0.0861. The van der Waals surface area contributed by atoms with E-state index in [9.17, 15) is 5.11 Å². The molecule has 0 radical (unpaired) electrons. The van der Waals surface area contributed by atoms with Crippen molar-refractivity contribution >= 4 is 0 Å². The van der Waals surface area contributed by atoms with E-state index in [2.05, 4.69) is 29.6 Å². The minimum atomic E-state index is -0.524. The number of methoxy groups -OCH3 is 1. The predicted octanol–water partition coefficient (Wildman–Crippen LogP) is 4.23. The highest BCUT2D eigenvalue weighted by molar-refractivity contribution is 5.44. The SMILES string of the molecule is COc1cc([C@H]2NCC[C@@]3(O)CCCC[C@@H]23)ccc1OCc1ccccc1. The third kappa shape index (κ3) is 3.83. The average molecular weight is 367 g/mol. The summed E-state index contributed by atoms with van der Waals surface area (Å²) in [5, 5.41) is 14.8. The van der Waals surface area contributed by atoms with Crippen molar-refractivity contribution in [3.63, 3.8) is 0 Å². The zero-order valence-corrected chi connectivity index (χ0v) is 16.0. The summed E-state index contributed by atoms with van der Waals surface area (Å²) in [5.41, 5.74) is 1.78. The molecule has 1 saturated heterocycles. The molecule has 1 aliphatic carbocycles. The van der Waals surface area contributed by atoms with Gasteiger partial charge in [-0.1, -0.05) is 49.2 Å². The first-order valence-corrected chi connectivity index (χ1v) is 10.00. The molecule has 0 bridgehead atoms. The molecular formula is C23H29NO3. The molecule has 0 amide bonds. The number of nitrogens with one attached hydrogen (secondary N) is 1. The van der Waals surface area contributed by atoms with Crippen molar-refractivity contribution in [3.05, 3.63) is 59.7 Å². The van der Waals surface area contributed by atoms with E-state index in [1.165, 1.54) is 12.0 Å². The normalized spacial score (nSPS) is 27.6. The van der Waals surface area contributed by atoms with Crippen molar-refractivity contribution in [1.29, 1.82) is 0 Å². The zero-order chi connectivity index (χ0) is 18.7. The zero-order valence-electron chi connectivity index (χ0n) is 16.0. The Morgan fingerprint density at radius 1 is 1.07 bits per heavy atom. The van der Waals surface area contributed by atoms with Crippen LogP contribution in [-0.2, 0) is 6.61 Å². The van der Waals surface area contributed by atoms with Crippen molar-refractivity contribution in [2.75, 3.05) is 13.7 Å². The first kappa shape index (κ1) is 18.3. The molecule has 1 saturated carbocycles. The molecular weight excluding hydrogens is 338 g/mol. The summed E-state index contributed by atoms with van der Waals surface area (Å²) in [6.45, 7) is 1.37. The molecule has 2 N–H and O–H groups in total. The largest absolute Gasteiger partial charge is 0.493 e. The number of hydrogen-bond donors (Lipinski definition) is 2. The fourth-order valence-corrected chi connectivity index (χ4v) is 4.71. The highest BCUT2D eigenvalue weighted by Crippen LogP contribution is 2.46. The van der Waals surface area contributed by atoms with E-state index in [0.29, 0.717) is 6.61 Å². The highest BCUT2D eigenvalue weighted by Gasteiger charge is 2.45. The van der Waals surface area contributed by atoms with E-state index < -0.39 is 5.60 Å². The Kier molecular flexibility index (Phi) is 5.37. The molecule has 27 heavy (non-hydrogen) atoms. The Balaban J connectivity index is 1.53. The number of fused-ring (bicyclic) bond motifs is 1. The van der Waals surface area contributed by atoms with Gasteiger partial charge in [0.15, 0.2) is 11.5 Å². The summed E-state index contributed by atoms with van der Waals surface area (Å²) >= 11 is 0. The topological polar surface area (TPSA) is 50.7 Å². The average Bonchev–Trinajstić information content (AvgIpc) is 2.72. The van der Waals surface area contributed by atoms with Crippen molar-refractivity contribution in [2.24, 2.45) is 5.92 Å². The summed E-state index contributed by atoms with van der Waals surface area (Å²) in [6, 6.07) is 16.5. The summed E-state index contributed by atoms with van der Waals surface area (Å²) in [4.78, 5) is 0. The molecule has 4 heteroatoms. The predicted molar refractivity (Wildman–Crippen MR) is 106 cm³/mol. The van der Waals surface area contributed by atoms with Crippen LogP contribution >= 0.6 is 0 Å². The van der Waals surface area contributed by atoms with Gasteiger partial charge in [-0.3, -0.25) is 0 Å². The van der Waals surface area contributed by atoms with Crippen LogP contribution in [0.5, 0.6) is 11.5 Å². The number of ether oxygens (including phenoxy) is 2. The Morgan fingerprint density at radius 3 is 2.74 bits per heavy atom. The Labute approximate surface area is 161 Å². The first-order chi connectivity index (χ1) is 13.2. The molecule has 2 aromatic carbocycles. The molecule has 2 aliphatic rings. The minimum absolute atomic E-state index is 0.168. The van der Waals surface area contributed by atoms with Crippen LogP contribution in [-0.4, -0.2) is 24.4 Å². The lowest BCUT2D eigenvalue weighted by Crippen LogP contribution is -2.53. The number of rotatable bonds is 5. The fraction of sp³-hybridized carbons (Fsp3) is 0.478. The van der Waals surface area contributed by atoms with Gasteiger partial charge in [-0.05, 0) is 49.1 Å². The third-order valence-electron chi connectivity index (χ3n) is 6.17. The standard InChI is InChI=1S/C23H29NO3/c1-26-21-15-18(10-11-20(21)27-16-17-7-3-2-4-8-17)22-19-9-5-6-12-23(19,25)13-14-24-22/h2-4,7-8,10-11,15,19,22,24-25H,5-6,9,12-14,16H2,1H3/t19-,22+,23-/m0/s1. The van der Waals surface area contributed by atoms with Crippen LogP contribution in [0.4, 0.5) is 0 Å². The van der Waals surface area contributed by atoms with Gasteiger partial charge in [0.1, 0.15) is 6.61 Å². The molecule has 1 heterocycles. The second-order valence-corrected chi connectivity index (χ2v) is 7.82. The summed E-state index contributed by atoms with van der Waals surface area (Å²) in [5.74, 6) is 1.76. The molecule has 3 atom stereocenters. The summed E-state index contributed by atoms with van der Waals surface area (Å²) in [6.07, 6.45) is 5.17. The van der Waals surface area contributed by atoms with E-state index >= 15 is 0 Å². The van der Waals surface area contributed by atoms with Crippen LogP contribution in [0.25, 0.3) is 0 Å². The van der Waals surface area contributed by atoms with Crippen molar-refractivity contribution in [1.82, 2.24) is 5.32 Å². The smallest absolute Gasteiger partial charge is 0.161 e. The molecule has 2 aromatic rings. The molecule has 0 aromatic heterocycles. The van der Waals surface area contributed by atoms with Gasteiger partial charge >= 0.3 is 0 Å². The molecule has 2 fully saturated rings. The minimum Gasteiger partial charge on any atom is -0.493 e. The van der Waals surface area contributed by atoms with Crippen molar-refractivity contribution in [2.45, 2.75) is 50.4 Å². The quantitative estimate of drug-likeness (QED) is 0.830. The van der Waals surface area contributed by atoms with Crippen LogP contribution in [0.1, 0.15) is 49.3 Å². The second kappa shape index (κ2) is 7.91. The Hall–Kier alpha value is -2.04. The molecule has 4 rings (SSSR count). The third-order valence-corrected chi connectivity index (χ3v) is 6.17. The van der Waals surface area contributed by atoms with Crippen LogP contribution in [0.15, 0.2) is 48.5 Å². The molecule has 144 valence electrons. The lowest BCUT2D eigenvalue weighted by atomic mass is 9.67. The molecule has 4 nitrogen and oxygen atoms in total. The number of piperidine rings is 1.